The number of carbonyl (C=O) groups excluding carboxylic acids is 2. The number of thiazole rings is 2. The molecule has 0 saturated heterocycles. The van der Waals surface area contributed by atoms with Crippen molar-refractivity contribution in [3.63, 3.8) is 0 Å². The first-order valence-electron chi connectivity index (χ1n) is 9.44. The van der Waals surface area contributed by atoms with Gasteiger partial charge in [-0.15, -0.1) is 0 Å². The van der Waals surface area contributed by atoms with Gasteiger partial charge >= 0.3 is 21.7 Å². The van der Waals surface area contributed by atoms with Gasteiger partial charge in [0, 0.05) is 0 Å². The summed E-state index contributed by atoms with van der Waals surface area (Å²) in [6.45, 7) is 0.990. The highest BCUT2D eigenvalue weighted by atomic mass is 32.1. The van der Waals surface area contributed by atoms with Crippen molar-refractivity contribution in [2.24, 2.45) is 0 Å². The fraction of sp³-hybridized carbons (Fsp3) is 0.238. The number of aromatic nitrogens is 2. The number of nitrogens with zero attached hydrogens (tertiary/aromatic N) is 2. The largest absolute Gasteiger partial charge is 0.460 e. The maximum absolute atomic E-state index is 12.2. The van der Waals surface area contributed by atoms with E-state index in [1.165, 1.54) is 9.13 Å². The van der Waals surface area contributed by atoms with E-state index in [0.717, 1.165) is 32.1 Å². The average Bonchev–Trinajstić information content (AvgIpc) is 3.23. The normalized spacial score (nSPS) is 12.2. The molecule has 10 heteroatoms. The highest BCUT2D eigenvalue weighted by Crippen LogP contribution is 2.17. The SMILES string of the molecule is C[C@@H](COC(=O)Cn1c(=O)sc2ccccc21)OC(=O)Cn1c(=O)sc2ccccc21. The molecule has 0 saturated carbocycles. The Morgan fingerprint density at radius 2 is 1.32 bits per heavy atom. The van der Waals surface area contributed by atoms with Crippen LogP contribution in [-0.4, -0.2) is 33.8 Å². The van der Waals surface area contributed by atoms with E-state index in [4.69, 9.17) is 9.47 Å². The Morgan fingerprint density at radius 1 is 0.839 bits per heavy atom. The first-order chi connectivity index (χ1) is 14.9. The van der Waals surface area contributed by atoms with Crippen molar-refractivity contribution >= 4 is 55.0 Å². The van der Waals surface area contributed by atoms with Gasteiger partial charge in [0.1, 0.15) is 25.8 Å². The summed E-state index contributed by atoms with van der Waals surface area (Å²) in [7, 11) is 0. The summed E-state index contributed by atoms with van der Waals surface area (Å²) >= 11 is 2.12. The topological polar surface area (TPSA) is 96.6 Å². The van der Waals surface area contributed by atoms with E-state index in [1.54, 1.807) is 31.2 Å². The number of hydrogen-bond donors (Lipinski definition) is 0. The van der Waals surface area contributed by atoms with Crippen LogP contribution in [0.1, 0.15) is 6.92 Å². The number of esters is 2. The first kappa shape index (κ1) is 21.0. The van der Waals surface area contributed by atoms with Crippen LogP contribution in [0.4, 0.5) is 0 Å². The lowest BCUT2D eigenvalue weighted by atomic mass is 10.3. The van der Waals surface area contributed by atoms with Crippen molar-refractivity contribution in [3.8, 4) is 0 Å². The molecule has 0 aliphatic rings. The van der Waals surface area contributed by atoms with Crippen LogP contribution in [0.2, 0.25) is 0 Å². The molecule has 2 heterocycles. The van der Waals surface area contributed by atoms with Crippen molar-refractivity contribution in [1.29, 1.82) is 0 Å². The molecule has 0 aliphatic heterocycles. The molecule has 0 bridgehead atoms. The molecule has 8 nitrogen and oxygen atoms in total. The smallest absolute Gasteiger partial charge is 0.326 e. The third kappa shape index (κ3) is 4.59. The molecule has 160 valence electrons. The van der Waals surface area contributed by atoms with Crippen molar-refractivity contribution in [2.45, 2.75) is 26.1 Å². The van der Waals surface area contributed by atoms with Gasteiger partial charge in [0.05, 0.1) is 20.4 Å². The summed E-state index contributed by atoms with van der Waals surface area (Å²) in [6, 6.07) is 14.4. The van der Waals surface area contributed by atoms with Crippen LogP contribution in [0, 0.1) is 0 Å². The second-order valence-electron chi connectivity index (χ2n) is 6.83. The summed E-state index contributed by atoms with van der Waals surface area (Å²) in [5, 5.41) is 0. The molecule has 0 spiro atoms. The monoisotopic (exact) mass is 458 g/mol. The number of rotatable bonds is 7. The van der Waals surface area contributed by atoms with Gasteiger partial charge in [0.25, 0.3) is 0 Å². The Labute approximate surface area is 183 Å². The molecule has 1 atom stereocenters. The predicted octanol–water partition coefficient (Wildman–Crippen LogP) is 2.61. The second kappa shape index (κ2) is 8.86. The molecule has 0 amide bonds. The quantitative estimate of drug-likeness (QED) is 0.395. The van der Waals surface area contributed by atoms with Crippen molar-refractivity contribution in [1.82, 2.24) is 9.13 Å². The fourth-order valence-corrected chi connectivity index (χ4v) is 4.92. The molecule has 4 rings (SSSR count). The van der Waals surface area contributed by atoms with Gasteiger partial charge in [-0.2, -0.15) is 0 Å². The maximum atomic E-state index is 12.2. The fourth-order valence-electron chi connectivity index (χ4n) is 3.14. The lowest BCUT2D eigenvalue weighted by Gasteiger charge is -2.14. The van der Waals surface area contributed by atoms with Crippen LogP contribution in [0.15, 0.2) is 58.1 Å². The van der Waals surface area contributed by atoms with Gasteiger partial charge < -0.3 is 9.47 Å². The molecule has 2 aromatic heterocycles. The number of benzene rings is 2. The Balaban J connectivity index is 1.32. The first-order valence-corrected chi connectivity index (χ1v) is 11.1. The lowest BCUT2D eigenvalue weighted by molar-refractivity contribution is -0.158. The summed E-state index contributed by atoms with van der Waals surface area (Å²) in [4.78, 5) is 48.2. The van der Waals surface area contributed by atoms with E-state index in [2.05, 4.69) is 0 Å². The van der Waals surface area contributed by atoms with Gasteiger partial charge in [-0.05, 0) is 31.2 Å². The molecule has 0 N–H and O–H groups in total. The summed E-state index contributed by atoms with van der Waals surface area (Å²) in [5.41, 5.74) is 1.34. The van der Waals surface area contributed by atoms with Crippen LogP contribution in [0.5, 0.6) is 0 Å². The zero-order chi connectivity index (χ0) is 22.0. The number of hydrogen-bond acceptors (Lipinski definition) is 8. The van der Waals surface area contributed by atoms with Crippen LogP contribution in [-0.2, 0) is 32.2 Å². The maximum Gasteiger partial charge on any atom is 0.326 e. The molecule has 0 fully saturated rings. The van der Waals surface area contributed by atoms with Crippen LogP contribution < -0.4 is 9.75 Å². The Kier molecular flexibility index (Phi) is 6.01. The molecule has 31 heavy (non-hydrogen) atoms. The predicted molar refractivity (Wildman–Crippen MR) is 119 cm³/mol. The summed E-state index contributed by atoms with van der Waals surface area (Å²) in [5.74, 6) is -1.21. The molecule has 4 aromatic rings. The Hall–Kier alpha value is -3.24. The lowest BCUT2D eigenvalue weighted by Crippen LogP contribution is -2.28. The van der Waals surface area contributed by atoms with Crippen LogP contribution >= 0.6 is 22.7 Å². The van der Waals surface area contributed by atoms with Crippen LogP contribution in [0.25, 0.3) is 20.4 Å². The van der Waals surface area contributed by atoms with E-state index in [9.17, 15) is 19.2 Å². The van der Waals surface area contributed by atoms with Gasteiger partial charge in [0.2, 0.25) is 0 Å². The molecular weight excluding hydrogens is 440 g/mol. The molecule has 0 radical (unpaired) electrons. The zero-order valence-corrected chi connectivity index (χ0v) is 18.1. The minimum atomic E-state index is -0.701. The van der Waals surface area contributed by atoms with E-state index in [1.807, 2.05) is 24.3 Å². The average molecular weight is 459 g/mol. The third-order valence-electron chi connectivity index (χ3n) is 4.53. The summed E-state index contributed by atoms with van der Waals surface area (Å²) in [6.07, 6.45) is -0.701. The summed E-state index contributed by atoms with van der Waals surface area (Å²) < 4.78 is 14.7. The second-order valence-corrected chi connectivity index (χ2v) is 8.81. The van der Waals surface area contributed by atoms with E-state index < -0.39 is 18.0 Å². The minimum Gasteiger partial charge on any atom is -0.460 e. The van der Waals surface area contributed by atoms with Crippen LogP contribution in [0.3, 0.4) is 0 Å². The van der Waals surface area contributed by atoms with Crippen molar-refractivity contribution in [3.05, 3.63) is 67.9 Å². The highest BCUT2D eigenvalue weighted by Gasteiger charge is 2.17. The number of fused-ring (bicyclic) bond motifs is 2. The van der Waals surface area contributed by atoms with Gasteiger partial charge in [0.15, 0.2) is 0 Å². The third-order valence-corrected chi connectivity index (χ3v) is 6.45. The van der Waals surface area contributed by atoms with Gasteiger partial charge in [-0.1, -0.05) is 46.9 Å². The number of para-hydroxylation sites is 2. The zero-order valence-electron chi connectivity index (χ0n) is 16.5. The standard InChI is InChI=1S/C21H18N2O6S2/c1-13(29-19(25)11-23-15-7-3-5-9-17(15)31-21(23)27)12-28-18(24)10-22-14-6-2-4-8-16(14)30-20(22)26/h2-9,13H,10-12H2,1H3/t13-/m0/s1. The Morgan fingerprint density at radius 3 is 1.87 bits per heavy atom. The van der Waals surface area contributed by atoms with E-state index in [-0.39, 0.29) is 29.4 Å². The van der Waals surface area contributed by atoms with Gasteiger partial charge in [-0.25, -0.2) is 0 Å². The molecule has 0 aliphatic carbocycles. The molecule has 0 unspecified atom stereocenters. The van der Waals surface area contributed by atoms with E-state index >= 15 is 0 Å². The number of ether oxygens (including phenoxy) is 2. The van der Waals surface area contributed by atoms with E-state index in [0.29, 0.717) is 11.0 Å². The van der Waals surface area contributed by atoms with Gasteiger partial charge in [-0.3, -0.25) is 28.3 Å². The Bertz CT molecular complexity index is 1380. The van der Waals surface area contributed by atoms with Crippen molar-refractivity contribution in [2.75, 3.05) is 6.61 Å². The highest BCUT2D eigenvalue weighted by molar-refractivity contribution is 7.16. The van der Waals surface area contributed by atoms with Crippen molar-refractivity contribution < 1.29 is 19.1 Å². The molecular formula is C21H18N2O6S2. The number of carbonyl (C=O) groups is 2. The minimum absolute atomic E-state index is 0.152. The molecule has 2 aromatic carbocycles.